The molecule has 33 heavy (non-hydrogen) atoms. The summed E-state index contributed by atoms with van der Waals surface area (Å²) in [7, 11) is 0. The molecule has 2 aromatic carbocycles. The summed E-state index contributed by atoms with van der Waals surface area (Å²) in [5.41, 5.74) is 6.33. The van der Waals surface area contributed by atoms with E-state index in [2.05, 4.69) is 15.2 Å². The summed E-state index contributed by atoms with van der Waals surface area (Å²) in [6.07, 6.45) is 0. The highest BCUT2D eigenvalue weighted by Gasteiger charge is 2.23. The first kappa shape index (κ1) is 22.9. The highest BCUT2D eigenvalue weighted by Crippen LogP contribution is 2.19. The van der Waals surface area contributed by atoms with Crippen molar-refractivity contribution in [2.75, 3.05) is 38.0 Å². The molecule has 2 heterocycles. The monoisotopic (exact) mass is 464 g/mol. The molecule has 172 valence electrons. The maximum atomic E-state index is 13.0. The van der Waals surface area contributed by atoms with Crippen molar-refractivity contribution >= 4 is 28.8 Å². The van der Waals surface area contributed by atoms with Gasteiger partial charge in [-0.1, -0.05) is 18.2 Å². The van der Waals surface area contributed by atoms with Crippen molar-refractivity contribution in [2.45, 2.75) is 20.5 Å². The third kappa shape index (κ3) is 5.97. The third-order valence-corrected chi connectivity index (χ3v) is 6.49. The van der Waals surface area contributed by atoms with Crippen LogP contribution in [0.5, 0.6) is 5.75 Å². The van der Waals surface area contributed by atoms with Gasteiger partial charge in [0.1, 0.15) is 12.4 Å². The summed E-state index contributed by atoms with van der Waals surface area (Å²) in [6.45, 7) is 7.22. The van der Waals surface area contributed by atoms with E-state index in [1.807, 2.05) is 60.5 Å². The first-order valence-corrected chi connectivity index (χ1v) is 11.9. The Bertz CT molecular complexity index is 1110. The number of ether oxygens (including phenoxy) is 1. The van der Waals surface area contributed by atoms with Crippen molar-refractivity contribution in [3.8, 4) is 5.75 Å². The number of piperazine rings is 1. The number of nitrogens with one attached hydrogen (secondary N) is 1. The fourth-order valence-corrected chi connectivity index (χ4v) is 4.30. The standard InChI is InChI=1S/C25H28N4O3S/c1-18-5-3-8-23(19(18)2)27-24(30)14-28-9-11-29(12-10-28)25(31)20-6-4-7-22(13-20)32-15-21-16-33-17-26-21/h3-8,13,16-17H,9-12,14-15H2,1-2H3,(H,27,30). The van der Waals surface area contributed by atoms with Crippen LogP contribution in [0.2, 0.25) is 0 Å². The van der Waals surface area contributed by atoms with E-state index < -0.39 is 0 Å². The molecule has 1 saturated heterocycles. The molecular formula is C25H28N4O3S. The normalized spacial score (nSPS) is 14.2. The number of aryl methyl sites for hydroxylation is 1. The molecule has 0 radical (unpaired) electrons. The highest BCUT2D eigenvalue weighted by molar-refractivity contribution is 7.07. The summed E-state index contributed by atoms with van der Waals surface area (Å²) in [4.78, 5) is 33.6. The molecule has 8 heteroatoms. The molecule has 0 saturated carbocycles. The van der Waals surface area contributed by atoms with Crippen molar-refractivity contribution in [1.82, 2.24) is 14.8 Å². The zero-order chi connectivity index (χ0) is 23.2. The minimum Gasteiger partial charge on any atom is -0.487 e. The average Bonchev–Trinajstić information content (AvgIpc) is 3.35. The number of amides is 2. The van der Waals surface area contributed by atoms with Crippen LogP contribution in [-0.2, 0) is 11.4 Å². The molecule has 0 spiro atoms. The first-order chi connectivity index (χ1) is 16.0. The fourth-order valence-electron chi connectivity index (χ4n) is 3.76. The lowest BCUT2D eigenvalue weighted by Gasteiger charge is -2.34. The molecular weight excluding hydrogens is 436 g/mol. The Morgan fingerprint density at radius 3 is 2.64 bits per heavy atom. The molecule has 0 atom stereocenters. The van der Waals surface area contributed by atoms with Crippen molar-refractivity contribution in [1.29, 1.82) is 0 Å². The van der Waals surface area contributed by atoms with Crippen LogP contribution in [-0.4, -0.2) is 59.3 Å². The quantitative estimate of drug-likeness (QED) is 0.577. The number of benzene rings is 2. The van der Waals surface area contributed by atoms with Crippen LogP contribution in [0.3, 0.4) is 0 Å². The average molecular weight is 465 g/mol. The van der Waals surface area contributed by atoms with E-state index >= 15 is 0 Å². The van der Waals surface area contributed by atoms with E-state index in [0.29, 0.717) is 50.6 Å². The number of hydrogen-bond acceptors (Lipinski definition) is 6. The van der Waals surface area contributed by atoms with Crippen molar-refractivity contribution in [3.05, 3.63) is 75.7 Å². The maximum Gasteiger partial charge on any atom is 0.254 e. The molecule has 0 bridgehead atoms. The summed E-state index contributed by atoms with van der Waals surface area (Å²) in [5.74, 6) is 0.595. The lowest BCUT2D eigenvalue weighted by Crippen LogP contribution is -2.50. The van der Waals surface area contributed by atoms with Gasteiger partial charge in [0.25, 0.3) is 5.91 Å². The summed E-state index contributed by atoms with van der Waals surface area (Å²) < 4.78 is 5.77. The van der Waals surface area contributed by atoms with Crippen LogP contribution >= 0.6 is 11.3 Å². The van der Waals surface area contributed by atoms with Gasteiger partial charge < -0.3 is 15.0 Å². The van der Waals surface area contributed by atoms with E-state index in [-0.39, 0.29) is 11.8 Å². The lowest BCUT2D eigenvalue weighted by atomic mass is 10.1. The van der Waals surface area contributed by atoms with Crippen LogP contribution in [0.1, 0.15) is 27.2 Å². The Kier molecular flexibility index (Phi) is 7.36. The van der Waals surface area contributed by atoms with Gasteiger partial charge in [0.05, 0.1) is 17.7 Å². The van der Waals surface area contributed by atoms with Crippen LogP contribution in [0.25, 0.3) is 0 Å². The Morgan fingerprint density at radius 1 is 1.09 bits per heavy atom. The Balaban J connectivity index is 1.27. The third-order valence-electron chi connectivity index (χ3n) is 5.86. The lowest BCUT2D eigenvalue weighted by molar-refractivity contribution is -0.117. The van der Waals surface area contributed by atoms with Crippen molar-refractivity contribution < 1.29 is 14.3 Å². The predicted molar refractivity (Wildman–Crippen MR) is 130 cm³/mol. The number of carbonyl (C=O) groups excluding carboxylic acids is 2. The van der Waals surface area contributed by atoms with E-state index in [9.17, 15) is 9.59 Å². The number of thiazole rings is 1. The Morgan fingerprint density at radius 2 is 1.88 bits per heavy atom. The summed E-state index contributed by atoms with van der Waals surface area (Å²) >= 11 is 1.53. The van der Waals surface area contributed by atoms with Gasteiger partial charge in [-0.15, -0.1) is 11.3 Å². The number of anilines is 1. The molecule has 2 amide bonds. The Hall–Kier alpha value is -3.23. The Labute approximate surface area is 198 Å². The minimum absolute atomic E-state index is 0.0198. The van der Waals surface area contributed by atoms with E-state index in [1.54, 1.807) is 11.6 Å². The molecule has 0 aliphatic carbocycles. The van der Waals surface area contributed by atoms with Crippen molar-refractivity contribution in [3.63, 3.8) is 0 Å². The molecule has 3 aromatic rings. The molecule has 0 unspecified atom stereocenters. The summed E-state index contributed by atoms with van der Waals surface area (Å²) in [6, 6.07) is 13.2. The molecule has 1 aliphatic heterocycles. The van der Waals surface area contributed by atoms with Gasteiger partial charge in [-0.05, 0) is 49.2 Å². The second-order valence-electron chi connectivity index (χ2n) is 8.16. The second-order valence-corrected chi connectivity index (χ2v) is 8.88. The minimum atomic E-state index is -0.0339. The first-order valence-electron chi connectivity index (χ1n) is 11.0. The van der Waals surface area contributed by atoms with Crippen LogP contribution in [0.15, 0.2) is 53.4 Å². The van der Waals surface area contributed by atoms with Crippen molar-refractivity contribution in [2.24, 2.45) is 0 Å². The number of carbonyl (C=O) groups is 2. The topological polar surface area (TPSA) is 74.8 Å². The largest absolute Gasteiger partial charge is 0.487 e. The highest BCUT2D eigenvalue weighted by atomic mass is 32.1. The molecule has 1 aromatic heterocycles. The second kappa shape index (κ2) is 10.6. The van der Waals surface area contributed by atoms with Gasteiger partial charge in [-0.3, -0.25) is 14.5 Å². The van der Waals surface area contributed by atoms with E-state index in [0.717, 1.165) is 22.5 Å². The molecule has 1 N–H and O–H groups in total. The number of hydrogen-bond donors (Lipinski definition) is 1. The van der Waals surface area contributed by atoms with Gasteiger partial charge in [-0.2, -0.15) is 0 Å². The van der Waals surface area contributed by atoms with E-state index in [4.69, 9.17) is 4.74 Å². The van der Waals surface area contributed by atoms with Gasteiger partial charge in [0, 0.05) is 42.8 Å². The maximum absolute atomic E-state index is 13.0. The van der Waals surface area contributed by atoms with Crippen LogP contribution in [0.4, 0.5) is 5.69 Å². The molecule has 7 nitrogen and oxygen atoms in total. The smallest absolute Gasteiger partial charge is 0.254 e. The van der Waals surface area contributed by atoms with E-state index in [1.165, 1.54) is 11.3 Å². The molecule has 1 fully saturated rings. The predicted octanol–water partition coefficient (Wildman–Crippen LogP) is 3.74. The SMILES string of the molecule is Cc1cccc(NC(=O)CN2CCN(C(=O)c3cccc(OCc4cscn4)c3)CC2)c1C. The van der Waals surface area contributed by atoms with Gasteiger partial charge in [-0.25, -0.2) is 4.98 Å². The molecule has 1 aliphatic rings. The van der Waals surface area contributed by atoms with Crippen LogP contribution < -0.4 is 10.1 Å². The number of rotatable bonds is 7. The van der Waals surface area contributed by atoms with Gasteiger partial charge in [0.2, 0.25) is 5.91 Å². The zero-order valence-corrected chi connectivity index (χ0v) is 19.7. The van der Waals surface area contributed by atoms with Crippen LogP contribution in [0, 0.1) is 13.8 Å². The number of nitrogens with zero attached hydrogens (tertiary/aromatic N) is 3. The molecule has 4 rings (SSSR count). The summed E-state index contributed by atoms with van der Waals surface area (Å²) in [5, 5.41) is 4.95. The van der Waals surface area contributed by atoms with Gasteiger partial charge >= 0.3 is 0 Å². The number of aromatic nitrogens is 1. The van der Waals surface area contributed by atoms with Gasteiger partial charge in [0.15, 0.2) is 0 Å². The zero-order valence-electron chi connectivity index (χ0n) is 18.9. The fraction of sp³-hybridized carbons (Fsp3) is 0.320.